The average Bonchev–Trinajstić information content (AvgIpc) is 3.37. The van der Waals surface area contributed by atoms with Gasteiger partial charge in [-0.15, -0.1) is 0 Å². The lowest BCUT2D eigenvalue weighted by molar-refractivity contribution is 0.0699. The molecule has 0 saturated heterocycles. The molecule has 0 spiro atoms. The molecule has 1 aromatic heterocycles. The second-order valence-corrected chi connectivity index (χ2v) is 18.0. The normalized spacial score (nSPS) is 25.7. The van der Waals surface area contributed by atoms with Crippen LogP contribution in [0.3, 0.4) is 0 Å². The molecular formula is C22H28BrF2N5O3SSi. The molecule has 0 radical (unpaired) electrons. The minimum Gasteiger partial charge on any atom is -0.465 e. The van der Waals surface area contributed by atoms with Crippen LogP contribution in [-0.4, -0.2) is 64.8 Å². The molecule has 2 N–H and O–H groups in total. The van der Waals surface area contributed by atoms with E-state index in [-0.39, 0.29) is 17.5 Å². The number of aromatic amines is 1. The van der Waals surface area contributed by atoms with E-state index in [1.165, 1.54) is 30.0 Å². The molecule has 0 unspecified atom stereocenters. The van der Waals surface area contributed by atoms with Crippen LogP contribution < -0.4 is 0 Å². The van der Waals surface area contributed by atoms with Gasteiger partial charge in [0.15, 0.2) is 5.17 Å². The molecule has 2 aliphatic rings. The number of benzene rings is 1. The summed E-state index contributed by atoms with van der Waals surface area (Å²) in [6.45, 7) is 7.52. The van der Waals surface area contributed by atoms with Crippen LogP contribution in [0.5, 0.6) is 0 Å². The number of amides is 1. The first-order valence-corrected chi connectivity index (χ1v) is 16.5. The number of aliphatic imine (C=N–C) groups is 1. The summed E-state index contributed by atoms with van der Waals surface area (Å²) in [4.78, 5) is 17.9. The summed E-state index contributed by atoms with van der Waals surface area (Å²) in [5, 5.41) is 21.1. The van der Waals surface area contributed by atoms with Gasteiger partial charge in [-0.25, -0.2) is 23.5 Å². The average molecular weight is 589 g/mol. The summed E-state index contributed by atoms with van der Waals surface area (Å²) in [7, 11) is -1.38. The van der Waals surface area contributed by atoms with E-state index in [0.717, 1.165) is 10.9 Å². The number of halogens is 3. The number of H-pyrrole nitrogens is 1. The van der Waals surface area contributed by atoms with Gasteiger partial charge in [0.05, 0.1) is 10.4 Å². The Morgan fingerprint density at radius 2 is 2.14 bits per heavy atom. The van der Waals surface area contributed by atoms with Crippen LogP contribution in [0.4, 0.5) is 13.6 Å². The highest BCUT2D eigenvalue weighted by Gasteiger charge is 2.71. The quantitative estimate of drug-likeness (QED) is 0.240. The van der Waals surface area contributed by atoms with Crippen molar-refractivity contribution in [2.75, 3.05) is 20.0 Å². The first-order valence-electron chi connectivity index (χ1n) is 11.2. The number of carbonyl (C=O) groups is 1. The highest BCUT2D eigenvalue weighted by atomic mass is 79.9. The highest BCUT2D eigenvalue weighted by Crippen LogP contribution is 2.72. The molecule has 1 fully saturated rings. The molecule has 3 atom stereocenters. The number of carboxylic acid groups (broad SMARTS) is 1. The standard InChI is InChI=1S/C22H28BrF2N5O3SSi/c1-13-18(28-29-27-13)22-10-17(22)21(11-24,15-9-14(23)5-6-16(15)25)26-19(34-22)30(20(31)32)12-33-7-8-35(2,3)4/h5-6,9,17H,7-8,10-12H2,1-4H3,(H,31,32)(H,27,28,29)/t17-,21+,22-/m0/s1. The van der Waals surface area contributed by atoms with E-state index in [1.54, 1.807) is 6.92 Å². The number of rotatable bonds is 8. The van der Waals surface area contributed by atoms with Gasteiger partial charge in [-0.2, -0.15) is 15.4 Å². The van der Waals surface area contributed by atoms with Gasteiger partial charge in [-0.1, -0.05) is 47.3 Å². The fraction of sp³-hybridized carbons (Fsp3) is 0.545. The molecule has 2 heterocycles. The Balaban J connectivity index is 1.78. The number of thioether (sulfide) groups is 1. The smallest absolute Gasteiger partial charge is 0.415 e. The SMILES string of the molecule is Cc1n[nH]nc1[C@]12C[C@H]1[C@@](CF)(c1cc(Br)ccc1F)N=C(N(COCC[Si](C)(C)C)C(=O)O)S2. The zero-order valence-electron chi connectivity index (χ0n) is 19.9. The fourth-order valence-corrected chi connectivity index (χ4v) is 7.23. The van der Waals surface area contributed by atoms with Gasteiger partial charge in [0, 0.05) is 30.6 Å². The number of aromatic nitrogens is 3. The van der Waals surface area contributed by atoms with Crippen LogP contribution >= 0.6 is 27.7 Å². The summed E-state index contributed by atoms with van der Waals surface area (Å²) in [6.07, 6.45) is -0.837. The zero-order valence-corrected chi connectivity index (χ0v) is 23.3. The molecule has 1 aliphatic carbocycles. The van der Waals surface area contributed by atoms with Gasteiger partial charge in [-0.05, 0) is 37.6 Å². The number of fused-ring (bicyclic) bond motifs is 1. The Kier molecular flexibility index (Phi) is 7.17. The number of alkyl halides is 1. The van der Waals surface area contributed by atoms with Crippen molar-refractivity contribution in [3.63, 3.8) is 0 Å². The molecule has 2 aromatic rings. The van der Waals surface area contributed by atoms with Gasteiger partial charge in [0.1, 0.15) is 30.5 Å². The Hall–Kier alpha value is -1.83. The minimum absolute atomic E-state index is 0.0543. The van der Waals surface area contributed by atoms with Crippen molar-refractivity contribution in [2.24, 2.45) is 10.9 Å². The summed E-state index contributed by atoms with van der Waals surface area (Å²) in [5.74, 6) is -1.04. The van der Waals surface area contributed by atoms with Gasteiger partial charge in [0.25, 0.3) is 0 Å². The number of aryl methyl sites for hydroxylation is 1. The van der Waals surface area contributed by atoms with Gasteiger partial charge < -0.3 is 9.84 Å². The molecule has 190 valence electrons. The molecule has 1 amide bonds. The van der Waals surface area contributed by atoms with Crippen LogP contribution in [0.25, 0.3) is 0 Å². The van der Waals surface area contributed by atoms with Crippen molar-refractivity contribution in [3.8, 4) is 0 Å². The highest BCUT2D eigenvalue weighted by molar-refractivity contribution is 9.10. The Morgan fingerprint density at radius 1 is 1.40 bits per heavy atom. The first kappa shape index (κ1) is 26.2. The lowest BCUT2D eigenvalue weighted by atomic mass is 9.84. The molecule has 35 heavy (non-hydrogen) atoms. The predicted molar refractivity (Wildman–Crippen MR) is 137 cm³/mol. The molecule has 13 heteroatoms. The van der Waals surface area contributed by atoms with E-state index >= 15 is 8.78 Å². The van der Waals surface area contributed by atoms with Crippen LogP contribution in [0, 0.1) is 18.7 Å². The number of nitrogens with zero attached hydrogens (tertiary/aromatic N) is 4. The number of ether oxygens (including phenoxy) is 1. The zero-order chi connectivity index (χ0) is 25.6. The molecular weight excluding hydrogens is 560 g/mol. The third-order valence-electron chi connectivity index (χ3n) is 6.46. The topological polar surface area (TPSA) is 104 Å². The predicted octanol–water partition coefficient (Wildman–Crippen LogP) is 5.49. The van der Waals surface area contributed by atoms with Crippen LogP contribution in [0.15, 0.2) is 27.7 Å². The van der Waals surface area contributed by atoms with E-state index in [2.05, 4.69) is 56.0 Å². The second kappa shape index (κ2) is 9.56. The fourth-order valence-electron chi connectivity index (χ4n) is 4.45. The largest absolute Gasteiger partial charge is 0.465 e. The summed E-state index contributed by atoms with van der Waals surface area (Å²) in [5.41, 5.74) is -0.327. The third-order valence-corrected chi connectivity index (χ3v) is 10.2. The molecule has 0 bridgehead atoms. The van der Waals surface area contributed by atoms with Crippen LogP contribution in [0.2, 0.25) is 25.7 Å². The molecule has 1 aromatic carbocycles. The lowest BCUT2D eigenvalue weighted by Crippen LogP contribution is -2.45. The van der Waals surface area contributed by atoms with Gasteiger partial charge in [-0.3, -0.25) is 0 Å². The first-order chi connectivity index (χ1) is 16.4. The summed E-state index contributed by atoms with van der Waals surface area (Å²) in [6, 6.07) is 5.17. The Labute approximate surface area is 216 Å². The maximum absolute atomic E-state index is 15.1. The lowest BCUT2D eigenvalue weighted by Gasteiger charge is -2.37. The van der Waals surface area contributed by atoms with Crippen molar-refractivity contribution < 1.29 is 23.4 Å². The van der Waals surface area contributed by atoms with Crippen LogP contribution in [0.1, 0.15) is 23.4 Å². The third kappa shape index (κ3) is 4.92. The molecule has 4 rings (SSSR count). The van der Waals surface area contributed by atoms with E-state index < -0.39 is 42.9 Å². The number of amidine groups is 1. The van der Waals surface area contributed by atoms with E-state index in [4.69, 9.17) is 4.74 Å². The molecule has 1 aliphatic heterocycles. The number of nitrogens with one attached hydrogen (secondary N) is 1. The summed E-state index contributed by atoms with van der Waals surface area (Å²) >= 11 is 4.55. The Bertz CT molecular complexity index is 1160. The molecule has 8 nitrogen and oxygen atoms in total. The van der Waals surface area contributed by atoms with Crippen molar-refractivity contribution in [1.29, 1.82) is 0 Å². The van der Waals surface area contributed by atoms with E-state index in [9.17, 15) is 9.90 Å². The summed E-state index contributed by atoms with van der Waals surface area (Å²) < 4.78 is 35.7. The monoisotopic (exact) mass is 587 g/mol. The van der Waals surface area contributed by atoms with Crippen molar-refractivity contribution in [1.82, 2.24) is 20.3 Å². The van der Waals surface area contributed by atoms with Gasteiger partial charge in [0.2, 0.25) is 0 Å². The number of hydrogen-bond acceptors (Lipinski definition) is 6. The number of hydrogen-bond donors (Lipinski definition) is 2. The van der Waals surface area contributed by atoms with Crippen molar-refractivity contribution in [2.45, 2.75) is 49.3 Å². The maximum atomic E-state index is 15.1. The minimum atomic E-state index is -1.62. The van der Waals surface area contributed by atoms with E-state index in [1.807, 2.05) is 0 Å². The van der Waals surface area contributed by atoms with Gasteiger partial charge >= 0.3 is 6.09 Å². The van der Waals surface area contributed by atoms with Crippen LogP contribution in [-0.2, 0) is 15.0 Å². The molecule has 1 saturated carbocycles. The van der Waals surface area contributed by atoms with Crippen molar-refractivity contribution in [3.05, 3.63) is 45.4 Å². The Morgan fingerprint density at radius 3 is 2.74 bits per heavy atom. The van der Waals surface area contributed by atoms with E-state index in [0.29, 0.717) is 28.9 Å². The van der Waals surface area contributed by atoms with Crippen molar-refractivity contribution >= 4 is 47.0 Å². The maximum Gasteiger partial charge on any atom is 0.415 e. The second-order valence-electron chi connectivity index (χ2n) is 10.1.